The lowest BCUT2D eigenvalue weighted by Crippen LogP contribution is -2.32. The van der Waals surface area contributed by atoms with E-state index in [1.165, 1.54) is 0 Å². The van der Waals surface area contributed by atoms with Crippen molar-refractivity contribution in [2.75, 3.05) is 0 Å². The number of rotatable bonds is 1. The van der Waals surface area contributed by atoms with Gasteiger partial charge in [-0.25, -0.2) is 0 Å². The van der Waals surface area contributed by atoms with E-state index < -0.39 is 19.0 Å². The van der Waals surface area contributed by atoms with Gasteiger partial charge >= 0.3 is 13.3 Å². The van der Waals surface area contributed by atoms with E-state index in [4.69, 9.17) is 10.0 Å². The summed E-state index contributed by atoms with van der Waals surface area (Å²) in [4.78, 5) is 3.06. The summed E-state index contributed by atoms with van der Waals surface area (Å²) in [6.07, 6.45) is -3.78. The van der Waals surface area contributed by atoms with Crippen LogP contribution in [-0.2, 0) is 6.18 Å². The highest BCUT2D eigenvalue weighted by atomic mass is 79.9. The Morgan fingerprint density at radius 3 is 2.29 bits per heavy atom. The fourth-order valence-electron chi connectivity index (χ4n) is 0.786. The summed E-state index contributed by atoms with van der Waals surface area (Å²) < 4.78 is 36.2. The fourth-order valence-corrected chi connectivity index (χ4v) is 1.31. The van der Waals surface area contributed by atoms with Gasteiger partial charge in [0.05, 0.1) is 0 Å². The van der Waals surface area contributed by atoms with Crippen molar-refractivity contribution >= 4 is 28.5 Å². The smallest absolute Gasteiger partial charge is 0.423 e. The molecule has 1 aromatic heterocycles. The van der Waals surface area contributed by atoms with E-state index in [2.05, 4.69) is 20.9 Å². The Morgan fingerprint density at radius 1 is 1.36 bits per heavy atom. The van der Waals surface area contributed by atoms with Crippen LogP contribution in [0, 0.1) is 0 Å². The quantitative estimate of drug-likeness (QED) is 0.732. The van der Waals surface area contributed by atoms with Gasteiger partial charge in [-0.15, -0.1) is 0 Å². The minimum Gasteiger partial charge on any atom is -0.423 e. The van der Waals surface area contributed by atoms with Crippen molar-refractivity contribution in [1.29, 1.82) is 0 Å². The second kappa shape index (κ2) is 3.88. The second-order valence-electron chi connectivity index (χ2n) is 2.46. The average molecular weight is 270 g/mol. The van der Waals surface area contributed by atoms with Gasteiger partial charge in [-0.3, -0.25) is 4.98 Å². The molecule has 0 saturated carbocycles. The summed E-state index contributed by atoms with van der Waals surface area (Å²) in [6, 6.07) is 0.689. The number of hydrogen-bond donors (Lipinski definition) is 2. The van der Waals surface area contributed by atoms with Crippen LogP contribution in [0.3, 0.4) is 0 Å². The van der Waals surface area contributed by atoms with Crippen molar-refractivity contribution in [3.05, 3.63) is 22.4 Å². The number of halogens is 4. The van der Waals surface area contributed by atoms with E-state index in [9.17, 15) is 13.2 Å². The van der Waals surface area contributed by atoms with E-state index in [-0.39, 0.29) is 9.94 Å². The number of alkyl halides is 3. The Kier molecular flexibility index (Phi) is 3.18. The van der Waals surface area contributed by atoms with E-state index in [0.29, 0.717) is 6.07 Å². The fraction of sp³-hybridized carbons (Fsp3) is 0.167. The topological polar surface area (TPSA) is 53.4 Å². The summed E-state index contributed by atoms with van der Waals surface area (Å²) in [6.45, 7) is 0. The molecule has 0 amide bonds. The van der Waals surface area contributed by atoms with Crippen LogP contribution in [0.5, 0.6) is 0 Å². The molecule has 3 nitrogen and oxygen atoms in total. The minimum atomic E-state index is -4.54. The summed E-state index contributed by atoms with van der Waals surface area (Å²) in [5.74, 6) is 0. The first-order valence-electron chi connectivity index (χ1n) is 3.41. The van der Waals surface area contributed by atoms with Crippen molar-refractivity contribution in [3.63, 3.8) is 0 Å². The Labute approximate surface area is 85.9 Å². The van der Waals surface area contributed by atoms with Crippen molar-refractivity contribution in [2.24, 2.45) is 0 Å². The van der Waals surface area contributed by atoms with Gasteiger partial charge < -0.3 is 10.0 Å². The van der Waals surface area contributed by atoms with E-state index in [1.807, 2.05) is 0 Å². The lowest BCUT2D eigenvalue weighted by atomic mass is 9.81. The van der Waals surface area contributed by atoms with Crippen LogP contribution < -0.4 is 5.46 Å². The Morgan fingerprint density at radius 2 is 1.93 bits per heavy atom. The first kappa shape index (κ1) is 11.5. The Bertz CT molecular complexity index is 344. The molecule has 0 radical (unpaired) electrons. The summed E-state index contributed by atoms with van der Waals surface area (Å²) >= 11 is 2.78. The van der Waals surface area contributed by atoms with Crippen LogP contribution >= 0.6 is 15.9 Å². The molecule has 1 aromatic rings. The van der Waals surface area contributed by atoms with Gasteiger partial charge in [0.15, 0.2) is 0 Å². The van der Waals surface area contributed by atoms with E-state index in [0.717, 1.165) is 6.20 Å². The molecule has 0 atom stereocenters. The van der Waals surface area contributed by atoms with Crippen molar-refractivity contribution in [1.82, 2.24) is 4.98 Å². The molecular formula is C6H4BBrF3NO2. The summed E-state index contributed by atoms with van der Waals surface area (Å²) in [7, 11) is -1.85. The molecule has 14 heavy (non-hydrogen) atoms. The first-order valence-corrected chi connectivity index (χ1v) is 4.20. The van der Waals surface area contributed by atoms with Gasteiger partial charge in [0.25, 0.3) is 0 Å². The number of hydrogen-bond acceptors (Lipinski definition) is 3. The molecule has 0 aliphatic carbocycles. The molecule has 0 fully saturated rings. The molecule has 0 bridgehead atoms. The molecule has 1 heterocycles. The zero-order valence-corrected chi connectivity index (χ0v) is 8.17. The van der Waals surface area contributed by atoms with Gasteiger partial charge in [0.1, 0.15) is 5.69 Å². The maximum Gasteiger partial charge on any atom is 0.491 e. The lowest BCUT2D eigenvalue weighted by Gasteiger charge is -2.08. The van der Waals surface area contributed by atoms with Crippen LogP contribution in [0.25, 0.3) is 0 Å². The predicted molar refractivity (Wildman–Crippen MR) is 46.8 cm³/mol. The molecule has 76 valence electrons. The predicted octanol–water partition coefficient (Wildman–Crippen LogP) is 0.543. The standard InChI is InChI=1S/C6H4BBrF3NO2/c8-4-1-5(6(9,10)11)12-2-3(4)7(13)14/h1-2,13-14H. The molecule has 0 aliphatic rings. The molecule has 8 heteroatoms. The highest BCUT2D eigenvalue weighted by Crippen LogP contribution is 2.28. The van der Waals surface area contributed by atoms with Gasteiger partial charge in [0.2, 0.25) is 0 Å². The van der Waals surface area contributed by atoms with Gasteiger partial charge in [0, 0.05) is 16.1 Å². The van der Waals surface area contributed by atoms with Gasteiger partial charge in [-0.05, 0) is 6.07 Å². The molecule has 0 aliphatic heterocycles. The molecule has 0 aromatic carbocycles. The molecular weight excluding hydrogens is 266 g/mol. The summed E-state index contributed by atoms with van der Waals surface area (Å²) in [5, 5.41) is 17.4. The average Bonchev–Trinajstić information content (AvgIpc) is 2.01. The van der Waals surface area contributed by atoms with E-state index >= 15 is 0 Å². The normalized spacial score (nSPS) is 11.6. The number of aromatic nitrogens is 1. The van der Waals surface area contributed by atoms with Crippen LogP contribution in [0.4, 0.5) is 13.2 Å². The molecule has 1 rings (SSSR count). The monoisotopic (exact) mass is 269 g/mol. The lowest BCUT2D eigenvalue weighted by molar-refractivity contribution is -0.141. The molecule has 2 N–H and O–H groups in total. The Balaban J connectivity index is 3.13. The third kappa shape index (κ3) is 2.46. The van der Waals surface area contributed by atoms with Gasteiger partial charge in [-0.1, -0.05) is 15.9 Å². The van der Waals surface area contributed by atoms with Crippen LogP contribution in [0.15, 0.2) is 16.7 Å². The molecule has 0 unspecified atom stereocenters. The van der Waals surface area contributed by atoms with Gasteiger partial charge in [-0.2, -0.15) is 13.2 Å². The van der Waals surface area contributed by atoms with E-state index in [1.54, 1.807) is 0 Å². The molecule has 0 saturated heterocycles. The first-order chi connectivity index (χ1) is 6.32. The van der Waals surface area contributed by atoms with Crippen LogP contribution in [0.1, 0.15) is 5.69 Å². The minimum absolute atomic E-state index is 0.0465. The third-order valence-electron chi connectivity index (χ3n) is 1.45. The van der Waals surface area contributed by atoms with Crippen molar-refractivity contribution in [2.45, 2.75) is 6.18 Å². The van der Waals surface area contributed by atoms with Crippen LogP contribution in [-0.4, -0.2) is 22.2 Å². The van der Waals surface area contributed by atoms with Crippen LogP contribution in [0.2, 0.25) is 0 Å². The zero-order chi connectivity index (χ0) is 10.9. The maximum absolute atomic E-state index is 12.1. The highest BCUT2D eigenvalue weighted by Gasteiger charge is 2.33. The largest absolute Gasteiger partial charge is 0.491 e. The van der Waals surface area contributed by atoms with Crippen molar-refractivity contribution < 1.29 is 23.2 Å². The number of pyridine rings is 1. The molecule has 0 spiro atoms. The highest BCUT2D eigenvalue weighted by molar-refractivity contribution is 9.10. The summed E-state index contributed by atoms with van der Waals surface area (Å²) in [5.41, 5.74) is -1.20. The SMILES string of the molecule is OB(O)c1cnc(C(F)(F)F)cc1Br. The maximum atomic E-state index is 12.1. The second-order valence-corrected chi connectivity index (χ2v) is 3.32. The third-order valence-corrected chi connectivity index (χ3v) is 2.14. The zero-order valence-electron chi connectivity index (χ0n) is 6.59. The number of nitrogens with zero attached hydrogens (tertiary/aromatic N) is 1. The Hall–Kier alpha value is -0.595. The van der Waals surface area contributed by atoms with Crippen molar-refractivity contribution in [3.8, 4) is 0 Å².